The van der Waals surface area contributed by atoms with Crippen molar-refractivity contribution in [1.82, 2.24) is 5.32 Å². The SMILES string of the molecule is C=CCOC(=O)NCc1ccc(Cl)cc1C=C. The van der Waals surface area contributed by atoms with E-state index in [-0.39, 0.29) is 6.61 Å². The summed E-state index contributed by atoms with van der Waals surface area (Å²) in [5.74, 6) is 0. The largest absolute Gasteiger partial charge is 0.445 e. The molecule has 0 aliphatic carbocycles. The molecule has 0 atom stereocenters. The maximum absolute atomic E-state index is 11.2. The topological polar surface area (TPSA) is 38.3 Å². The lowest BCUT2D eigenvalue weighted by atomic mass is 10.1. The average molecular weight is 252 g/mol. The van der Waals surface area contributed by atoms with Gasteiger partial charge in [0.1, 0.15) is 6.61 Å². The van der Waals surface area contributed by atoms with Crippen molar-refractivity contribution in [2.24, 2.45) is 0 Å². The van der Waals surface area contributed by atoms with Crippen molar-refractivity contribution in [2.75, 3.05) is 6.61 Å². The van der Waals surface area contributed by atoms with Gasteiger partial charge in [0.05, 0.1) is 0 Å². The third kappa shape index (κ3) is 4.33. The van der Waals surface area contributed by atoms with Gasteiger partial charge in [-0.15, -0.1) is 0 Å². The van der Waals surface area contributed by atoms with Gasteiger partial charge in [0.25, 0.3) is 0 Å². The molecule has 1 aromatic carbocycles. The molecule has 0 radical (unpaired) electrons. The van der Waals surface area contributed by atoms with Crippen LogP contribution in [0, 0.1) is 0 Å². The summed E-state index contributed by atoms with van der Waals surface area (Å²) in [5.41, 5.74) is 1.82. The Hall–Kier alpha value is -1.74. The predicted molar refractivity (Wildman–Crippen MR) is 69.9 cm³/mol. The Balaban J connectivity index is 2.59. The number of ether oxygens (including phenoxy) is 1. The molecule has 1 aromatic rings. The molecule has 17 heavy (non-hydrogen) atoms. The standard InChI is InChI=1S/C13H14ClNO2/c1-3-7-17-13(16)15-9-11-5-6-12(14)8-10(11)4-2/h3-6,8H,1-2,7,9H2,(H,15,16). The number of carbonyl (C=O) groups excluding carboxylic acids is 1. The van der Waals surface area contributed by atoms with Gasteiger partial charge in [-0.05, 0) is 23.3 Å². The number of nitrogens with one attached hydrogen (secondary N) is 1. The molecule has 0 spiro atoms. The van der Waals surface area contributed by atoms with E-state index in [0.29, 0.717) is 11.6 Å². The van der Waals surface area contributed by atoms with E-state index in [1.54, 1.807) is 18.2 Å². The number of carbonyl (C=O) groups is 1. The van der Waals surface area contributed by atoms with Crippen LogP contribution in [0.5, 0.6) is 0 Å². The van der Waals surface area contributed by atoms with Crippen LogP contribution in [0.2, 0.25) is 5.02 Å². The van der Waals surface area contributed by atoms with Crippen LogP contribution >= 0.6 is 11.6 Å². The Bertz CT molecular complexity index is 429. The van der Waals surface area contributed by atoms with Gasteiger partial charge >= 0.3 is 6.09 Å². The molecule has 0 aliphatic heterocycles. The number of amides is 1. The normalized spacial score (nSPS) is 9.47. The fraction of sp³-hybridized carbons (Fsp3) is 0.154. The average Bonchev–Trinajstić information content (AvgIpc) is 2.34. The van der Waals surface area contributed by atoms with E-state index in [2.05, 4.69) is 18.5 Å². The molecule has 0 saturated carbocycles. The second-order valence-electron chi connectivity index (χ2n) is 3.29. The minimum atomic E-state index is -0.477. The monoisotopic (exact) mass is 251 g/mol. The Morgan fingerprint density at radius 2 is 2.24 bits per heavy atom. The first kappa shape index (κ1) is 13.3. The van der Waals surface area contributed by atoms with Gasteiger partial charge in [0, 0.05) is 11.6 Å². The highest BCUT2D eigenvalue weighted by molar-refractivity contribution is 6.30. The fourth-order valence-corrected chi connectivity index (χ4v) is 1.45. The van der Waals surface area contributed by atoms with Crippen molar-refractivity contribution in [3.8, 4) is 0 Å². The van der Waals surface area contributed by atoms with Crippen molar-refractivity contribution in [3.63, 3.8) is 0 Å². The molecular weight excluding hydrogens is 238 g/mol. The number of halogens is 1. The third-order valence-electron chi connectivity index (χ3n) is 2.08. The van der Waals surface area contributed by atoms with Crippen molar-refractivity contribution in [2.45, 2.75) is 6.54 Å². The molecule has 0 saturated heterocycles. The predicted octanol–water partition coefficient (Wildman–Crippen LogP) is 3.40. The van der Waals surface area contributed by atoms with Crippen molar-refractivity contribution in [1.29, 1.82) is 0 Å². The number of hydrogen-bond donors (Lipinski definition) is 1. The molecule has 0 fully saturated rings. The van der Waals surface area contributed by atoms with Crippen LogP contribution in [0.25, 0.3) is 6.08 Å². The van der Waals surface area contributed by atoms with Gasteiger partial charge in [-0.3, -0.25) is 0 Å². The fourth-order valence-electron chi connectivity index (χ4n) is 1.27. The summed E-state index contributed by atoms with van der Waals surface area (Å²) in [7, 11) is 0. The summed E-state index contributed by atoms with van der Waals surface area (Å²) >= 11 is 5.86. The zero-order valence-electron chi connectivity index (χ0n) is 9.41. The molecule has 0 aliphatic rings. The molecule has 4 heteroatoms. The van der Waals surface area contributed by atoms with Gasteiger partial charge in [0.15, 0.2) is 0 Å². The maximum atomic E-state index is 11.2. The molecule has 0 aromatic heterocycles. The maximum Gasteiger partial charge on any atom is 0.407 e. The second-order valence-corrected chi connectivity index (χ2v) is 3.72. The van der Waals surface area contributed by atoms with E-state index in [1.807, 2.05) is 6.07 Å². The molecule has 0 unspecified atom stereocenters. The molecule has 0 bridgehead atoms. The second kappa shape index (κ2) is 6.76. The van der Waals surface area contributed by atoms with Gasteiger partial charge in [-0.25, -0.2) is 4.79 Å². The van der Waals surface area contributed by atoms with Crippen LogP contribution in [-0.4, -0.2) is 12.7 Å². The van der Waals surface area contributed by atoms with E-state index in [9.17, 15) is 4.79 Å². The van der Waals surface area contributed by atoms with Gasteiger partial charge in [-0.2, -0.15) is 0 Å². The number of benzene rings is 1. The Morgan fingerprint density at radius 1 is 1.47 bits per heavy atom. The van der Waals surface area contributed by atoms with E-state index < -0.39 is 6.09 Å². The zero-order chi connectivity index (χ0) is 12.7. The van der Waals surface area contributed by atoms with Crippen LogP contribution in [0.3, 0.4) is 0 Å². The lowest BCUT2D eigenvalue weighted by Gasteiger charge is -2.08. The summed E-state index contributed by atoms with van der Waals surface area (Å²) in [6.45, 7) is 7.71. The molecular formula is C13H14ClNO2. The minimum Gasteiger partial charge on any atom is -0.445 e. The molecule has 0 heterocycles. The summed E-state index contributed by atoms with van der Waals surface area (Å²) in [6, 6.07) is 5.40. The quantitative estimate of drug-likeness (QED) is 0.815. The summed E-state index contributed by atoms with van der Waals surface area (Å²) in [5, 5.41) is 3.27. The highest BCUT2D eigenvalue weighted by atomic mass is 35.5. The van der Waals surface area contributed by atoms with Crippen LogP contribution in [0.1, 0.15) is 11.1 Å². The van der Waals surface area contributed by atoms with Crippen molar-refractivity contribution in [3.05, 3.63) is 53.6 Å². The van der Waals surface area contributed by atoms with Gasteiger partial charge in [0.2, 0.25) is 0 Å². The first-order valence-electron chi connectivity index (χ1n) is 5.09. The third-order valence-corrected chi connectivity index (χ3v) is 2.32. The molecule has 1 N–H and O–H groups in total. The van der Waals surface area contributed by atoms with E-state index >= 15 is 0 Å². The smallest absolute Gasteiger partial charge is 0.407 e. The molecule has 3 nitrogen and oxygen atoms in total. The summed E-state index contributed by atoms with van der Waals surface area (Å²) in [4.78, 5) is 11.2. The Labute approximate surface area is 106 Å². The van der Waals surface area contributed by atoms with Gasteiger partial charge < -0.3 is 10.1 Å². The first-order chi connectivity index (χ1) is 8.17. The van der Waals surface area contributed by atoms with Crippen LogP contribution < -0.4 is 5.32 Å². The highest BCUT2D eigenvalue weighted by Gasteiger charge is 2.04. The highest BCUT2D eigenvalue weighted by Crippen LogP contribution is 2.17. The Morgan fingerprint density at radius 3 is 2.88 bits per heavy atom. The Kier molecular flexibility index (Phi) is 5.30. The lowest BCUT2D eigenvalue weighted by molar-refractivity contribution is 0.158. The van der Waals surface area contributed by atoms with Crippen LogP contribution in [-0.2, 0) is 11.3 Å². The summed E-state index contributed by atoms with van der Waals surface area (Å²) in [6.07, 6.45) is 2.73. The lowest BCUT2D eigenvalue weighted by Crippen LogP contribution is -2.24. The zero-order valence-corrected chi connectivity index (χ0v) is 10.2. The molecule has 1 amide bonds. The van der Waals surface area contributed by atoms with Gasteiger partial charge in [-0.1, -0.05) is 43.0 Å². The van der Waals surface area contributed by atoms with E-state index in [4.69, 9.17) is 16.3 Å². The molecule has 1 rings (SSSR count). The van der Waals surface area contributed by atoms with Crippen LogP contribution in [0.4, 0.5) is 4.79 Å². The van der Waals surface area contributed by atoms with E-state index in [0.717, 1.165) is 11.1 Å². The number of rotatable bonds is 5. The van der Waals surface area contributed by atoms with E-state index in [1.165, 1.54) is 6.08 Å². The number of alkyl carbamates (subject to hydrolysis) is 1. The van der Waals surface area contributed by atoms with Crippen LogP contribution in [0.15, 0.2) is 37.4 Å². The minimum absolute atomic E-state index is 0.195. The number of hydrogen-bond acceptors (Lipinski definition) is 2. The van der Waals surface area contributed by atoms with Crippen molar-refractivity contribution >= 4 is 23.8 Å². The first-order valence-corrected chi connectivity index (χ1v) is 5.47. The van der Waals surface area contributed by atoms with Crippen molar-refractivity contribution < 1.29 is 9.53 Å². The molecule has 90 valence electrons. The summed E-state index contributed by atoms with van der Waals surface area (Å²) < 4.78 is 4.79.